The zero-order valence-electron chi connectivity index (χ0n) is 18.8. The first kappa shape index (κ1) is 24.8. The van der Waals surface area contributed by atoms with Crippen LogP contribution in [0.5, 0.6) is 17.2 Å². The highest BCUT2D eigenvalue weighted by molar-refractivity contribution is 14.0. The Hall–Kier alpha value is -1.42. The Bertz CT molecular complexity index is 664. The molecule has 1 aromatic carbocycles. The van der Waals surface area contributed by atoms with Gasteiger partial charge >= 0.3 is 0 Å². The first-order valence-corrected chi connectivity index (χ1v) is 10.6. The Morgan fingerprint density at radius 3 is 2.17 bits per heavy atom. The number of halogens is 1. The lowest BCUT2D eigenvalue weighted by atomic mass is 10.1. The molecule has 170 valence electrons. The summed E-state index contributed by atoms with van der Waals surface area (Å²) >= 11 is 0. The maximum absolute atomic E-state index is 5.48. The third kappa shape index (κ3) is 6.80. The molecule has 0 amide bonds. The standard InChI is InChI=1S/C22H36N4O3.HI/c1-23-22(24-9-5-6-17-7-8-17)26-12-10-25(11-13-26)16-18-14-19(27-2)21(29-4)20(15-18)28-3;/h14-15,17H,5-13,16H2,1-4H3,(H,23,24);1H. The van der Waals surface area contributed by atoms with Crippen molar-refractivity contribution in [1.82, 2.24) is 15.1 Å². The van der Waals surface area contributed by atoms with E-state index >= 15 is 0 Å². The molecule has 2 fully saturated rings. The molecular weight excluding hydrogens is 495 g/mol. The molecule has 30 heavy (non-hydrogen) atoms. The topological polar surface area (TPSA) is 58.6 Å². The van der Waals surface area contributed by atoms with Crippen molar-refractivity contribution in [3.8, 4) is 17.2 Å². The molecule has 0 aromatic heterocycles. The van der Waals surface area contributed by atoms with E-state index in [4.69, 9.17) is 14.2 Å². The van der Waals surface area contributed by atoms with Gasteiger partial charge in [-0.05, 0) is 36.5 Å². The molecule has 1 saturated carbocycles. The van der Waals surface area contributed by atoms with Crippen LogP contribution in [0.15, 0.2) is 17.1 Å². The van der Waals surface area contributed by atoms with Crippen molar-refractivity contribution < 1.29 is 14.2 Å². The van der Waals surface area contributed by atoms with Crippen molar-refractivity contribution >= 4 is 29.9 Å². The number of piperazine rings is 1. The van der Waals surface area contributed by atoms with Gasteiger partial charge in [0.1, 0.15) is 0 Å². The molecule has 1 aliphatic carbocycles. The van der Waals surface area contributed by atoms with Crippen LogP contribution in [0.2, 0.25) is 0 Å². The van der Waals surface area contributed by atoms with E-state index in [0.717, 1.165) is 56.7 Å². The van der Waals surface area contributed by atoms with Crippen LogP contribution in [0.4, 0.5) is 0 Å². The molecule has 1 saturated heterocycles. The molecule has 1 aromatic rings. The zero-order chi connectivity index (χ0) is 20.6. The number of hydrogen-bond donors (Lipinski definition) is 1. The lowest BCUT2D eigenvalue weighted by Crippen LogP contribution is -2.52. The Morgan fingerprint density at radius 1 is 1.03 bits per heavy atom. The van der Waals surface area contributed by atoms with E-state index in [1.54, 1.807) is 21.3 Å². The summed E-state index contributed by atoms with van der Waals surface area (Å²) in [4.78, 5) is 9.30. The van der Waals surface area contributed by atoms with Crippen molar-refractivity contribution in [2.45, 2.75) is 32.2 Å². The fourth-order valence-electron chi connectivity index (χ4n) is 3.93. The van der Waals surface area contributed by atoms with Gasteiger partial charge in [-0.2, -0.15) is 0 Å². The van der Waals surface area contributed by atoms with Crippen LogP contribution in [-0.2, 0) is 6.54 Å². The summed E-state index contributed by atoms with van der Waals surface area (Å²) in [5.41, 5.74) is 1.16. The Morgan fingerprint density at radius 2 is 1.67 bits per heavy atom. The molecule has 3 rings (SSSR count). The molecule has 0 atom stereocenters. The number of ether oxygens (including phenoxy) is 3. The summed E-state index contributed by atoms with van der Waals surface area (Å²) in [5.74, 6) is 4.08. The molecule has 0 unspecified atom stereocenters. The van der Waals surface area contributed by atoms with E-state index < -0.39 is 0 Å². The second-order valence-corrected chi connectivity index (χ2v) is 7.86. The fourth-order valence-corrected chi connectivity index (χ4v) is 3.93. The number of guanidine groups is 1. The van der Waals surface area contributed by atoms with Gasteiger partial charge in [-0.3, -0.25) is 9.89 Å². The lowest BCUT2D eigenvalue weighted by Gasteiger charge is -2.36. The highest BCUT2D eigenvalue weighted by Gasteiger charge is 2.22. The van der Waals surface area contributed by atoms with Gasteiger partial charge in [0.25, 0.3) is 0 Å². The maximum Gasteiger partial charge on any atom is 0.203 e. The van der Waals surface area contributed by atoms with E-state index in [0.29, 0.717) is 17.2 Å². The number of aliphatic imine (C=N–C) groups is 1. The molecule has 1 aliphatic heterocycles. The van der Waals surface area contributed by atoms with Gasteiger partial charge < -0.3 is 24.4 Å². The van der Waals surface area contributed by atoms with Crippen LogP contribution in [0.3, 0.4) is 0 Å². The third-order valence-electron chi connectivity index (χ3n) is 5.78. The molecule has 0 radical (unpaired) electrons. The Balaban J connectivity index is 0.00000320. The van der Waals surface area contributed by atoms with Crippen LogP contribution in [0.1, 0.15) is 31.2 Å². The van der Waals surface area contributed by atoms with E-state index in [9.17, 15) is 0 Å². The summed E-state index contributed by atoms with van der Waals surface area (Å²) < 4.78 is 16.4. The molecule has 7 nitrogen and oxygen atoms in total. The molecule has 0 spiro atoms. The predicted molar refractivity (Wildman–Crippen MR) is 132 cm³/mol. The molecule has 1 N–H and O–H groups in total. The summed E-state index contributed by atoms with van der Waals surface area (Å²) in [6.45, 7) is 5.84. The minimum atomic E-state index is 0. The molecule has 2 aliphatic rings. The molecular formula is C22H37IN4O3. The third-order valence-corrected chi connectivity index (χ3v) is 5.78. The highest BCUT2D eigenvalue weighted by Crippen LogP contribution is 2.38. The second kappa shape index (κ2) is 12.4. The van der Waals surface area contributed by atoms with Crippen molar-refractivity contribution in [2.24, 2.45) is 10.9 Å². The Labute approximate surface area is 198 Å². The van der Waals surface area contributed by atoms with Crippen molar-refractivity contribution in [1.29, 1.82) is 0 Å². The lowest BCUT2D eigenvalue weighted by molar-refractivity contribution is 0.172. The number of nitrogens with zero attached hydrogens (tertiary/aromatic N) is 3. The smallest absolute Gasteiger partial charge is 0.203 e. The monoisotopic (exact) mass is 532 g/mol. The first-order valence-electron chi connectivity index (χ1n) is 10.6. The van der Waals surface area contributed by atoms with Crippen molar-refractivity contribution in [3.63, 3.8) is 0 Å². The average molecular weight is 532 g/mol. The summed E-state index contributed by atoms with van der Waals surface area (Å²) in [6, 6.07) is 4.07. The van der Waals surface area contributed by atoms with Gasteiger partial charge in [0.05, 0.1) is 21.3 Å². The minimum absolute atomic E-state index is 0. The summed E-state index contributed by atoms with van der Waals surface area (Å²) in [5, 5.41) is 3.54. The van der Waals surface area contributed by atoms with Crippen LogP contribution >= 0.6 is 24.0 Å². The highest BCUT2D eigenvalue weighted by atomic mass is 127. The Kier molecular flexibility index (Phi) is 10.3. The van der Waals surface area contributed by atoms with Gasteiger partial charge in [0.2, 0.25) is 5.75 Å². The summed E-state index contributed by atoms with van der Waals surface area (Å²) in [7, 11) is 6.82. The van der Waals surface area contributed by atoms with Crippen LogP contribution < -0.4 is 19.5 Å². The van der Waals surface area contributed by atoms with Gasteiger partial charge in [-0.25, -0.2) is 0 Å². The van der Waals surface area contributed by atoms with Gasteiger partial charge in [0.15, 0.2) is 17.5 Å². The predicted octanol–water partition coefficient (Wildman–Crippen LogP) is 3.21. The van der Waals surface area contributed by atoms with Gasteiger partial charge in [-0.15, -0.1) is 24.0 Å². The molecule has 0 bridgehead atoms. The second-order valence-electron chi connectivity index (χ2n) is 7.86. The number of rotatable bonds is 9. The average Bonchev–Trinajstić information content (AvgIpc) is 3.58. The van der Waals surface area contributed by atoms with E-state index in [-0.39, 0.29) is 24.0 Å². The first-order chi connectivity index (χ1) is 14.2. The largest absolute Gasteiger partial charge is 0.493 e. The maximum atomic E-state index is 5.48. The van der Waals surface area contributed by atoms with Crippen molar-refractivity contribution in [2.75, 3.05) is 61.1 Å². The van der Waals surface area contributed by atoms with Crippen LogP contribution in [-0.4, -0.2) is 76.9 Å². The van der Waals surface area contributed by atoms with E-state index in [1.165, 1.54) is 25.7 Å². The quantitative estimate of drug-likeness (QED) is 0.228. The van der Waals surface area contributed by atoms with Gasteiger partial charge in [0, 0.05) is 46.3 Å². The van der Waals surface area contributed by atoms with E-state index in [2.05, 4.69) is 20.1 Å². The molecule has 1 heterocycles. The summed E-state index contributed by atoms with van der Waals surface area (Å²) in [6.07, 6.45) is 5.46. The number of hydrogen-bond acceptors (Lipinski definition) is 5. The van der Waals surface area contributed by atoms with Crippen LogP contribution in [0.25, 0.3) is 0 Å². The number of methoxy groups -OCH3 is 3. The van der Waals surface area contributed by atoms with Gasteiger partial charge in [-0.1, -0.05) is 12.8 Å². The van der Waals surface area contributed by atoms with Crippen LogP contribution in [0, 0.1) is 5.92 Å². The molecule has 8 heteroatoms. The minimum Gasteiger partial charge on any atom is -0.493 e. The normalized spacial score (nSPS) is 17.3. The van der Waals surface area contributed by atoms with Crippen molar-refractivity contribution in [3.05, 3.63) is 17.7 Å². The zero-order valence-corrected chi connectivity index (χ0v) is 21.1. The fraction of sp³-hybridized carbons (Fsp3) is 0.682. The number of benzene rings is 1. The van der Waals surface area contributed by atoms with E-state index in [1.807, 2.05) is 19.2 Å². The number of nitrogens with one attached hydrogen (secondary N) is 1. The SMILES string of the molecule is CN=C(NCCCC1CC1)N1CCN(Cc2cc(OC)c(OC)c(OC)c2)CC1.I.